The number of alkyl carbamates (subject to hydrolysis) is 1. The fourth-order valence-electron chi connectivity index (χ4n) is 3.03. The Labute approximate surface area is 230 Å². The van der Waals surface area contributed by atoms with Crippen molar-refractivity contribution >= 4 is 44.8 Å². The zero-order valence-corrected chi connectivity index (χ0v) is 24.1. The largest absolute Gasteiger partial charge is 0.491 e. The Morgan fingerprint density at radius 1 is 1.05 bits per heavy atom. The van der Waals surface area contributed by atoms with E-state index in [1.54, 1.807) is 58.0 Å². The first-order valence-electron chi connectivity index (χ1n) is 11.4. The van der Waals surface area contributed by atoms with Crippen molar-refractivity contribution in [1.82, 2.24) is 5.32 Å². The second-order valence-electron chi connectivity index (χ2n) is 9.05. The van der Waals surface area contributed by atoms with Crippen LogP contribution in [0.2, 0.25) is 0 Å². The number of ether oxygens (including phenoxy) is 3. The highest BCUT2D eigenvalue weighted by atomic mass is 127. The third-order valence-electron chi connectivity index (χ3n) is 4.67. The van der Waals surface area contributed by atoms with Crippen LogP contribution in [0.4, 0.5) is 4.79 Å². The number of nitrogens with one attached hydrogen (secondary N) is 1. The zero-order chi connectivity index (χ0) is 27.6. The minimum absolute atomic E-state index is 0.0350. The molecule has 2 N–H and O–H groups in total. The van der Waals surface area contributed by atoms with E-state index < -0.39 is 33.8 Å². The fourth-order valence-corrected chi connectivity index (χ4v) is 4.58. The van der Waals surface area contributed by atoms with Crippen LogP contribution in [-0.2, 0) is 35.0 Å². The first-order chi connectivity index (χ1) is 17.3. The van der Waals surface area contributed by atoms with Gasteiger partial charge in [0.2, 0.25) is 0 Å². The topological polar surface area (TPSA) is 137 Å². The third-order valence-corrected chi connectivity index (χ3v) is 7.03. The Hall–Kier alpha value is -2.42. The van der Waals surface area contributed by atoms with E-state index in [0.717, 1.165) is 9.13 Å². The predicted molar refractivity (Wildman–Crippen MR) is 144 cm³/mol. The van der Waals surface area contributed by atoms with E-state index in [9.17, 15) is 23.1 Å². The molecule has 204 valence electrons. The lowest BCUT2D eigenvalue weighted by atomic mass is 10.1. The molecular formula is C25H32INO9S. The Balaban J connectivity index is 1.80. The maximum Gasteiger partial charge on any atom is 0.408 e. The monoisotopic (exact) mass is 649 g/mol. The molecule has 0 bridgehead atoms. The van der Waals surface area contributed by atoms with Gasteiger partial charge in [-0.2, -0.15) is 8.42 Å². The molecule has 2 aromatic carbocycles. The lowest BCUT2D eigenvalue weighted by Gasteiger charge is -2.22. The van der Waals surface area contributed by atoms with Crippen LogP contribution in [0.25, 0.3) is 0 Å². The Kier molecular flexibility index (Phi) is 11.6. The summed E-state index contributed by atoms with van der Waals surface area (Å²) < 4.78 is 46.4. The van der Waals surface area contributed by atoms with Gasteiger partial charge in [0.25, 0.3) is 10.1 Å². The minimum Gasteiger partial charge on any atom is -0.491 e. The molecule has 0 saturated heterocycles. The molecule has 0 aliphatic rings. The van der Waals surface area contributed by atoms with Gasteiger partial charge in [-0.05, 0) is 91.7 Å². The molecule has 12 heteroatoms. The van der Waals surface area contributed by atoms with Crippen molar-refractivity contribution in [2.24, 2.45) is 0 Å². The SMILES string of the molecule is Cc1cccc(S(=O)(=O)OCCOCCOc2ccc(I)c(C[C@H](NC(=O)OC(C)(C)C)C(=O)O)c2)c1. The normalized spacial score (nSPS) is 12.6. The van der Waals surface area contributed by atoms with Gasteiger partial charge in [0.1, 0.15) is 24.0 Å². The van der Waals surface area contributed by atoms with Gasteiger partial charge in [0.15, 0.2) is 0 Å². The number of hydrogen-bond donors (Lipinski definition) is 2. The van der Waals surface area contributed by atoms with Gasteiger partial charge >= 0.3 is 12.1 Å². The number of carbonyl (C=O) groups is 2. The van der Waals surface area contributed by atoms with Crippen molar-refractivity contribution in [3.63, 3.8) is 0 Å². The van der Waals surface area contributed by atoms with Crippen molar-refractivity contribution in [2.45, 2.75) is 50.7 Å². The van der Waals surface area contributed by atoms with Crippen molar-refractivity contribution in [2.75, 3.05) is 26.4 Å². The molecular weight excluding hydrogens is 617 g/mol. The van der Waals surface area contributed by atoms with E-state index in [0.29, 0.717) is 11.3 Å². The van der Waals surface area contributed by atoms with Crippen LogP contribution < -0.4 is 10.1 Å². The van der Waals surface area contributed by atoms with Gasteiger partial charge in [0, 0.05) is 9.99 Å². The molecule has 0 saturated carbocycles. The van der Waals surface area contributed by atoms with Crippen molar-refractivity contribution < 1.29 is 41.5 Å². The van der Waals surface area contributed by atoms with Crippen molar-refractivity contribution in [3.05, 3.63) is 57.2 Å². The van der Waals surface area contributed by atoms with Gasteiger partial charge < -0.3 is 24.6 Å². The summed E-state index contributed by atoms with van der Waals surface area (Å²) in [5.41, 5.74) is 0.741. The number of carboxylic acid groups (broad SMARTS) is 1. The first-order valence-corrected chi connectivity index (χ1v) is 13.9. The van der Waals surface area contributed by atoms with E-state index in [-0.39, 0.29) is 37.7 Å². The van der Waals surface area contributed by atoms with Gasteiger partial charge in [-0.1, -0.05) is 12.1 Å². The van der Waals surface area contributed by atoms with E-state index >= 15 is 0 Å². The molecule has 0 fully saturated rings. The number of benzene rings is 2. The van der Waals surface area contributed by atoms with E-state index in [1.165, 1.54) is 12.1 Å². The van der Waals surface area contributed by atoms with Crippen LogP contribution in [0.3, 0.4) is 0 Å². The number of halogens is 1. The number of carboxylic acids is 1. The summed E-state index contributed by atoms with van der Waals surface area (Å²) >= 11 is 2.08. The summed E-state index contributed by atoms with van der Waals surface area (Å²) in [7, 11) is -3.85. The summed E-state index contributed by atoms with van der Waals surface area (Å²) in [4.78, 5) is 23.8. The van der Waals surface area contributed by atoms with Crippen LogP contribution in [-0.4, -0.2) is 63.7 Å². The average Bonchev–Trinajstić information content (AvgIpc) is 2.78. The van der Waals surface area contributed by atoms with Crippen molar-refractivity contribution in [1.29, 1.82) is 0 Å². The molecule has 0 spiro atoms. The predicted octanol–water partition coefficient (Wildman–Crippen LogP) is 3.92. The number of rotatable bonds is 13. The second-order valence-corrected chi connectivity index (χ2v) is 11.8. The second kappa shape index (κ2) is 13.9. The molecule has 0 radical (unpaired) electrons. The van der Waals surface area contributed by atoms with Gasteiger partial charge in [-0.15, -0.1) is 0 Å². The summed E-state index contributed by atoms with van der Waals surface area (Å²) in [5.74, 6) is -0.688. The molecule has 2 rings (SSSR count). The molecule has 0 aromatic heterocycles. The molecule has 0 heterocycles. The number of aryl methyl sites for hydroxylation is 1. The standard InChI is InChI=1S/C25H32INO9S/c1-17-6-5-7-20(14-17)37(31,32)35-13-11-33-10-12-34-19-8-9-21(26)18(15-19)16-22(23(28)29)27-24(30)36-25(2,3)4/h5-9,14-15,22H,10-13,16H2,1-4H3,(H,27,30)(H,28,29)/t22-/m0/s1. The first kappa shape index (κ1) is 30.8. The molecule has 37 heavy (non-hydrogen) atoms. The molecule has 10 nitrogen and oxygen atoms in total. The molecule has 2 aromatic rings. The summed E-state index contributed by atoms with van der Waals surface area (Å²) in [6.45, 7) is 7.16. The minimum atomic E-state index is -3.85. The summed E-state index contributed by atoms with van der Waals surface area (Å²) in [6.07, 6.45) is -0.775. The number of hydrogen-bond acceptors (Lipinski definition) is 8. The highest BCUT2D eigenvalue weighted by Crippen LogP contribution is 2.21. The molecule has 1 amide bonds. The molecule has 0 aliphatic carbocycles. The Morgan fingerprint density at radius 3 is 2.41 bits per heavy atom. The van der Waals surface area contributed by atoms with Crippen LogP contribution >= 0.6 is 22.6 Å². The summed E-state index contributed by atoms with van der Waals surface area (Å²) in [6, 6.07) is 10.5. The fraction of sp³-hybridized carbons (Fsp3) is 0.440. The van der Waals surface area contributed by atoms with E-state index in [4.69, 9.17) is 18.4 Å². The van der Waals surface area contributed by atoms with Crippen LogP contribution in [0.15, 0.2) is 47.4 Å². The van der Waals surface area contributed by atoms with Crippen LogP contribution in [0, 0.1) is 10.5 Å². The Morgan fingerprint density at radius 2 is 1.76 bits per heavy atom. The number of aliphatic carboxylic acids is 1. The highest BCUT2D eigenvalue weighted by molar-refractivity contribution is 14.1. The zero-order valence-electron chi connectivity index (χ0n) is 21.2. The van der Waals surface area contributed by atoms with Crippen LogP contribution in [0.5, 0.6) is 5.75 Å². The van der Waals surface area contributed by atoms with Crippen LogP contribution in [0.1, 0.15) is 31.9 Å². The van der Waals surface area contributed by atoms with Gasteiger partial charge in [-0.3, -0.25) is 4.18 Å². The quantitative estimate of drug-likeness (QED) is 0.188. The molecule has 0 aliphatic heterocycles. The number of amides is 1. The van der Waals surface area contributed by atoms with Gasteiger partial charge in [-0.25, -0.2) is 9.59 Å². The smallest absolute Gasteiger partial charge is 0.408 e. The maximum absolute atomic E-state index is 12.2. The van der Waals surface area contributed by atoms with E-state index in [1.807, 2.05) is 0 Å². The lowest BCUT2D eigenvalue weighted by molar-refractivity contribution is -0.139. The Bertz CT molecular complexity index is 1180. The summed E-state index contributed by atoms with van der Waals surface area (Å²) in [5, 5.41) is 11.9. The molecule has 1 atom stereocenters. The van der Waals surface area contributed by atoms with E-state index in [2.05, 4.69) is 27.9 Å². The maximum atomic E-state index is 12.2. The van der Waals surface area contributed by atoms with Crippen molar-refractivity contribution in [3.8, 4) is 5.75 Å². The lowest BCUT2D eigenvalue weighted by Crippen LogP contribution is -2.44. The highest BCUT2D eigenvalue weighted by Gasteiger charge is 2.25. The average molecular weight is 650 g/mol. The molecule has 0 unspecified atom stereocenters. The number of carbonyl (C=O) groups excluding carboxylic acids is 1. The van der Waals surface area contributed by atoms with Gasteiger partial charge in [0.05, 0.1) is 24.7 Å². The third kappa shape index (κ3) is 11.2.